The average Bonchev–Trinajstić information content (AvgIpc) is 2.19. The molecule has 2 rings (SSSR count). The van der Waals surface area contributed by atoms with Crippen LogP contribution in [0.4, 0.5) is 0 Å². The molecule has 0 radical (unpaired) electrons. The van der Waals surface area contributed by atoms with Crippen molar-refractivity contribution in [2.75, 3.05) is 0 Å². The molecule has 0 amide bonds. The van der Waals surface area contributed by atoms with Crippen LogP contribution in [-0.4, -0.2) is 3.61 Å². The molecule has 0 spiro atoms. The molecule has 72 valence electrons. The normalized spacial score (nSPS) is 24.9. The molecule has 1 aromatic carbocycles. The van der Waals surface area contributed by atoms with Gasteiger partial charge in [0.05, 0.1) is 0 Å². The van der Waals surface area contributed by atoms with Crippen LogP contribution in [0.1, 0.15) is 6.42 Å². The Kier molecular flexibility index (Phi) is 2.91. The number of para-hydroxylation sites is 1. The van der Waals surface area contributed by atoms with Crippen molar-refractivity contribution >= 4 is 22.6 Å². The van der Waals surface area contributed by atoms with E-state index >= 15 is 0 Å². The van der Waals surface area contributed by atoms with E-state index in [9.17, 15) is 0 Å². The Balaban J connectivity index is 2.11. The van der Waals surface area contributed by atoms with Crippen molar-refractivity contribution in [1.29, 1.82) is 0 Å². The van der Waals surface area contributed by atoms with Crippen molar-refractivity contribution in [2.45, 2.75) is 10.0 Å². The van der Waals surface area contributed by atoms with Gasteiger partial charge < -0.3 is 4.74 Å². The summed E-state index contributed by atoms with van der Waals surface area (Å²) in [5.74, 6) is 0.918. The van der Waals surface area contributed by atoms with Gasteiger partial charge in [-0.3, -0.25) is 0 Å². The maximum Gasteiger partial charge on any atom is 0.181 e. The Morgan fingerprint density at radius 3 is 2.57 bits per heavy atom. The standard InChI is InChI=1S/C12H11IO/c13-12(9-5-2-6-10-12)14-11-7-3-1-4-8-11/h1-9H,10H2. The molecule has 0 saturated carbocycles. The molecule has 0 heterocycles. The highest BCUT2D eigenvalue weighted by atomic mass is 127. The molecule has 0 N–H and O–H groups in total. The molecule has 1 aliphatic carbocycles. The van der Waals surface area contributed by atoms with Crippen LogP contribution in [0.25, 0.3) is 0 Å². The molecule has 1 aromatic rings. The summed E-state index contributed by atoms with van der Waals surface area (Å²) in [7, 11) is 0. The summed E-state index contributed by atoms with van der Waals surface area (Å²) in [4.78, 5) is 0. The van der Waals surface area contributed by atoms with E-state index in [0.717, 1.165) is 12.2 Å². The summed E-state index contributed by atoms with van der Waals surface area (Å²) in [6.07, 6.45) is 9.19. The fourth-order valence-corrected chi connectivity index (χ4v) is 2.05. The van der Waals surface area contributed by atoms with E-state index in [4.69, 9.17) is 4.74 Å². The van der Waals surface area contributed by atoms with Crippen molar-refractivity contribution in [3.63, 3.8) is 0 Å². The molecule has 0 fully saturated rings. The molecule has 0 aromatic heterocycles. The highest BCUT2D eigenvalue weighted by molar-refractivity contribution is 14.1. The molecule has 1 nitrogen and oxygen atoms in total. The van der Waals surface area contributed by atoms with Crippen LogP contribution in [0.15, 0.2) is 54.6 Å². The van der Waals surface area contributed by atoms with Crippen LogP contribution in [0.2, 0.25) is 0 Å². The van der Waals surface area contributed by atoms with Crippen LogP contribution in [0, 0.1) is 0 Å². The molecular weight excluding hydrogens is 287 g/mol. The number of alkyl halides is 1. The molecular formula is C12H11IO. The largest absolute Gasteiger partial charge is 0.473 e. The third-order valence-electron chi connectivity index (χ3n) is 2.02. The lowest BCUT2D eigenvalue weighted by atomic mass is 10.1. The van der Waals surface area contributed by atoms with Gasteiger partial charge in [0.15, 0.2) is 3.61 Å². The number of allylic oxidation sites excluding steroid dienone is 2. The van der Waals surface area contributed by atoms with E-state index in [-0.39, 0.29) is 3.61 Å². The van der Waals surface area contributed by atoms with E-state index < -0.39 is 0 Å². The summed E-state index contributed by atoms with van der Waals surface area (Å²) in [6, 6.07) is 9.91. The molecule has 0 aliphatic heterocycles. The Hall–Kier alpha value is -0.770. The highest BCUT2D eigenvalue weighted by Gasteiger charge is 2.24. The van der Waals surface area contributed by atoms with Crippen LogP contribution in [0.3, 0.4) is 0 Å². The van der Waals surface area contributed by atoms with Gasteiger partial charge in [-0.2, -0.15) is 0 Å². The fourth-order valence-electron chi connectivity index (χ4n) is 1.33. The summed E-state index contributed by atoms with van der Waals surface area (Å²) in [5, 5.41) is 0. The molecule has 1 atom stereocenters. The van der Waals surface area contributed by atoms with Gasteiger partial charge >= 0.3 is 0 Å². The van der Waals surface area contributed by atoms with Crippen molar-refractivity contribution in [2.24, 2.45) is 0 Å². The number of benzene rings is 1. The lowest BCUT2D eigenvalue weighted by Gasteiger charge is -2.25. The zero-order valence-electron chi connectivity index (χ0n) is 7.69. The predicted octanol–water partition coefficient (Wildman–Crippen LogP) is 3.71. The minimum Gasteiger partial charge on any atom is -0.473 e. The Labute approximate surface area is 97.6 Å². The summed E-state index contributed by atoms with van der Waals surface area (Å²) in [5.41, 5.74) is 0. The monoisotopic (exact) mass is 298 g/mol. The Morgan fingerprint density at radius 2 is 1.93 bits per heavy atom. The minimum absolute atomic E-state index is 0.214. The zero-order chi connectivity index (χ0) is 9.86. The summed E-state index contributed by atoms with van der Waals surface area (Å²) in [6.45, 7) is 0. The third-order valence-corrected chi connectivity index (χ3v) is 3.04. The van der Waals surface area contributed by atoms with E-state index in [1.165, 1.54) is 0 Å². The second-order valence-corrected chi connectivity index (χ2v) is 5.02. The number of halogens is 1. The minimum atomic E-state index is -0.214. The molecule has 0 bridgehead atoms. The first-order valence-corrected chi connectivity index (χ1v) is 5.64. The zero-order valence-corrected chi connectivity index (χ0v) is 9.85. The smallest absolute Gasteiger partial charge is 0.181 e. The van der Waals surface area contributed by atoms with Gasteiger partial charge in [-0.25, -0.2) is 0 Å². The molecule has 1 aliphatic rings. The molecule has 14 heavy (non-hydrogen) atoms. The SMILES string of the molecule is IC1(Oc2ccccc2)C=CC=CC1. The van der Waals surface area contributed by atoms with Gasteiger partial charge in [-0.05, 0) is 40.8 Å². The first-order valence-electron chi connectivity index (χ1n) is 4.56. The Morgan fingerprint density at radius 1 is 1.14 bits per heavy atom. The Bertz CT molecular complexity index is 356. The maximum absolute atomic E-state index is 5.89. The van der Waals surface area contributed by atoms with E-state index in [2.05, 4.69) is 34.7 Å². The van der Waals surface area contributed by atoms with Gasteiger partial charge in [0.1, 0.15) is 5.75 Å². The predicted molar refractivity (Wildman–Crippen MR) is 66.7 cm³/mol. The first-order chi connectivity index (χ1) is 6.79. The maximum atomic E-state index is 5.89. The molecule has 2 heteroatoms. The first kappa shape index (κ1) is 9.77. The molecule has 1 unspecified atom stereocenters. The van der Waals surface area contributed by atoms with Gasteiger partial charge in [0.25, 0.3) is 0 Å². The van der Waals surface area contributed by atoms with Crippen molar-refractivity contribution in [3.8, 4) is 5.75 Å². The van der Waals surface area contributed by atoms with Gasteiger partial charge in [-0.1, -0.05) is 36.4 Å². The van der Waals surface area contributed by atoms with Crippen molar-refractivity contribution in [3.05, 3.63) is 54.6 Å². The quantitative estimate of drug-likeness (QED) is 0.597. The number of rotatable bonds is 2. The second kappa shape index (κ2) is 4.17. The van der Waals surface area contributed by atoms with Crippen molar-refractivity contribution in [1.82, 2.24) is 0 Å². The number of hydrogen-bond acceptors (Lipinski definition) is 1. The van der Waals surface area contributed by atoms with Crippen LogP contribution in [0.5, 0.6) is 5.75 Å². The van der Waals surface area contributed by atoms with E-state index in [1.807, 2.05) is 42.5 Å². The van der Waals surface area contributed by atoms with Gasteiger partial charge in [0, 0.05) is 6.42 Å². The third kappa shape index (κ3) is 2.38. The van der Waals surface area contributed by atoms with Crippen LogP contribution < -0.4 is 4.74 Å². The van der Waals surface area contributed by atoms with Crippen LogP contribution in [-0.2, 0) is 0 Å². The second-order valence-electron chi connectivity index (χ2n) is 3.19. The lowest BCUT2D eigenvalue weighted by molar-refractivity contribution is 0.235. The topological polar surface area (TPSA) is 9.23 Å². The summed E-state index contributed by atoms with van der Waals surface area (Å²) >= 11 is 2.33. The highest BCUT2D eigenvalue weighted by Crippen LogP contribution is 2.31. The molecule has 0 saturated heterocycles. The van der Waals surface area contributed by atoms with E-state index in [0.29, 0.717) is 0 Å². The lowest BCUT2D eigenvalue weighted by Crippen LogP contribution is -2.25. The number of ether oxygens (including phenoxy) is 1. The van der Waals surface area contributed by atoms with Crippen molar-refractivity contribution < 1.29 is 4.74 Å². The fraction of sp³-hybridized carbons (Fsp3) is 0.167. The van der Waals surface area contributed by atoms with Crippen LogP contribution >= 0.6 is 22.6 Å². The summed E-state index contributed by atoms with van der Waals surface area (Å²) < 4.78 is 5.68. The van der Waals surface area contributed by atoms with Gasteiger partial charge in [-0.15, -0.1) is 0 Å². The van der Waals surface area contributed by atoms with Gasteiger partial charge in [0.2, 0.25) is 0 Å². The number of hydrogen-bond donors (Lipinski definition) is 0. The van der Waals surface area contributed by atoms with E-state index in [1.54, 1.807) is 0 Å². The average molecular weight is 298 g/mol.